The molecule has 9 heteroatoms. The first-order valence-electron chi connectivity index (χ1n) is 4.82. The molecule has 0 fully saturated rings. The number of para-hydroxylation sites is 2. The molecule has 19 heavy (non-hydrogen) atoms. The summed E-state index contributed by atoms with van der Waals surface area (Å²) in [4.78, 5) is 11.2. The summed E-state index contributed by atoms with van der Waals surface area (Å²) in [7, 11) is 0. The smallest absolute Gasteiger partial charge is 0.397 e. The Morgan fingerprint density at radius 3 is 1.95 bits per heavy atom. The molecule has 1 aromatic rings. The number of amides is 1. The van der Waals surface area contributed by atoms with E-state index in [1.54, 1.807) is 0 Å². The quantitative estimate of drug-likeness (QED) is 0.648. The van der Waals surface area contributed by atoms with Gasteiger partial charge in [0, 0.05) is 0 Å². The molecule has 1 amide bonds. The van der Waals surface area contributed by atoms with E-state index < -0.39 is 24.2 Å². The van der Waals surface area contributed by atoms with Crippen LogP contribution in [0.5, 0.6) is 0 Å². The van der Waals surface area contributed by atoms with Gasteiger partial charge in [-0.05, 0) is 12.1 Å². The first-order valence-corrected chi connectivity index (χ1v) is 4.82. The van der Waals surface area contributed by atoms with Gasteiger partial charge in [-0.15, -0.1) is 0 Å². The van der Waals surface area contributed by atoms with Gasteiger partial charge in [0.25, 0.3) is 0 Å². The summed E-state index contributed by atoms with van der Waals surface area (Å²) in [6.45, 7) is 0. The number of anilines is 2. The van der Waals surface area contributed by atoms with Crippen LogP contribution in [0, 0.1) is 5.92 Å². The van der Waals surface area contributed by atoms with Crippen molar-refractivity contribution in [3.05, 3.63) is 24.3 Å². The van der Waals surface area contributed by atoms with Crippen LogP contribution in [-0.4, -0.2) is 18.3 Å². The van der Waals surface area contributed by atoms with Gasteiger partial charge in [0.15, 0.2) is 0 Å². The van der Waals surface area contributed by atoms with Crippen LogP contribution in [0.3, 0.4) is 0 Å². The summed E-state index contributed by atoms with van der Waals surface area (Å²) in [5.41, 5.74) is 4.86. The number of hydrogen-bond acceptors (Lipinski definition) is 2. The number of rotatable bonds is 2. The number of carbonyl (C=O) groups excluding carboxylic acids is 1. The third-order valence-electron chi connectivity index (χ3n) is 2.14. The lowest BCUT2D eigenvalue weighted by Crippen LogP contribution is -2.45. The van der Waals surface area contributed by atoms with Gasteiger partial charge in [0.05, 0.1) is 11.4 Å². The average molecular weight is 286 g/mol. The molecular weight excluding hydrogens is 278 g/mol. The van der Waals surface area contributed by atoms with Gasteiger partial charge in [-0.25, -0.2) is 0 Å². The monoisotopic (exact) mass is 286 g/mol. The van der Waals surface area contributed by atoms with Gasteiger partial charge in [0.2, 0.25) is 11.8 Å². The molecule has 106 valence electrons. The summed E-state index contributed by atoms with van der Waals surface area (Å²) < 4.78 is 73.5. The number of nitrogen functional groups attached to an aromatic ring is 1. The standard InChI is InChI=1S/C10H8F6N2O/c11-9(12,13)7(10(14,15)16)8(19)18-6-4-2-1-3-5(6)17/h1-4,7H,17H2,(H,18,19). The largest absolute Gasteiger partial charge is 0.409 e. The van der Waals surface area contributed by atoms with Gasteiger partial charge in [-0.3, -0.25) is 4.79 Å². The van der Waals surface area contributed by atoms with Crippen LogP contribution < -0.4 is 11.1 Å². The van der Waals surface area contributed by atoms with E-state index in [9.17, 15) is 31.1 Å². The lowest BCUT2D eigenvalue weighted by atomic mass is 10.1. The molecule has 0 radical (unpaired) electrons. The van der Waals surface area contributed by atoms with Gasteiger partial charge in [-0.2, -0.15) is 26.3 Å². The minimum absolute atomic E-state index is 0.140. The SMILES string of the molecule is Nc1ccccc1NC(=O)C(C(F)(F)F)C(F)(F)F. The Morgan fingerprint density at radius 1 is 1.05 bits per heavy atom. The lowest BCUT2D eigenvalue weighted by molar-refractivity contribution is -0.272. The normalized spacial score (nSPS) is 12.6. The molecule has 0 aliphatic heterocycles. The molecule has 0 bridgehead atoms. The maximum Gasteiger partial charge on any atom is 0.409 e. The molecule has 1 rings (SSSR count). The van der Waals surface area contributed by atoms with Crippen LogP contribution >= 0.6 is 0 Å². The Hall–Kier alpha value is -1.93. The Bertz CT molecular complexity index is 454. The number of halogens is 6. The summed E-state index contributed by atoms with van der Waals surface area (Å²) in [5.74, 6) is -6.32. The summed E-state index contributed by atoms with van der Waals surface area (Å²) in [6, 6.07) is 5.04. The highest BCUT2D eigenvalue weighted by molar-refractivity contribution is 5.96. The second-order valence-corrected chi connectivity index (χ2v) is 3.59. The zero-order valence-electron chi connectivity index (χ0n) is 9.14. The van der Waals surface area contributed by atoms with Gasteiger partial charge >= 0.3 is 12.4 Å². The van der Waals surface area contributed by atoms with Gasteiger partial charge < -0.3 is 11.1 Å². The van der Waals surface area contributed by atoms with E-state index in [-0.39, 0.29) is 11.4 Å². The molecule has 0 unspecified atom stereocenters. The number of carbonyl (C=O) groups is 1. The van der Waals surface area contributed by atoms with E-state index in [1.165, 1.54) is 23.5 Å². The Balaban J connectivity index is 3.01. The van der Waals surface area contributed by atoms with Crippen molar-refractivity contribution < 1.29 is 31.1 Å². The first-order chi connectivity index (χ1) is 8.53. The molecule has 0 aliphatic rings. The number of benzene rings is 1. The molecule has 1 aromatic carbocycles. The highest BCUT2D eigenvalue weighted by Gasteiger charge is 2.61. The number of nitrogens with two attached hydrogens (primary N) is 1. The summed E-state index contributed by atoms with van der Waals surface area (Å²) in [6.07, 6.45) is -11.5. The lowest BCUT2D eigenvalue weighted by Gasteiger charge is -2.22. The molecule has 0 saturated heterocycles. The minimum Gasteiger partial charge on any atom is -0.397 e. The minimum atomic E-state index is -5.73. The number of nitrogens with one attached hydrogen (secondary N) is 1. The van der Waals surface area contributed by atoms with Crippen molar-refractivity contribution in [2.75, 3.05) is 11.1 Å². The van der Waals surface area contributed by atoms with Crippen molar-refractivity contribution in [3.8, 4) is 0 Å². The van der Waals surface area contributed by atoms with E-state index in [1.807, 2.05) is 0 Å². The fraction of sp³-hybridized carbons (Fsp3) is 0.300. The van der Waals surface area contributed by atoms with Crippen LogP contribution in [0.15, 0.2) is 24.3 Å². The van der Waals surface area contributed by atoms with E-state index in [0.29, 0.717) is 0 Å². The third kappa shape index (κ3) is 3.76. The average Bonchev–Trinajstić information content (AvgIpc) is 2.16. The Morgan fingerprint density at radius 2 is 1.53 bits per heavy atom. The number of alkyl halides is 6. The summed E-state index contributed by atoms with van der Waals surface area (Å²) in [5, 5.41) is 1.52. The van der Waals surface area contributed by atoms with Crippen LogP contribution in [0.2, 0.25) is 0 Å². The Kier molecular flexibility index (Phi) is 3.97. The van der Waals surface area contributed by atoms with E-state index >= 15 is 0 Å². The molecule has 0 aliphatic carbocycles. The van der Waals surface area contributed by atoms with Crippen molar-refractivity contribution in [2.24, 2.45) is 5.92 Å². The van der Waals surface area contributed by atoms with Crippen molar-refractivity contribution in [1.82, 2.24) is 0 Å². The van der Waals surface area contributed by atoms with E-state index in [0.717, 1.165) is 6.07 Å². The van der Waals surface area contributed by atoms with Crippen molar-refractivity contribution in [2.45, 2.75) is 12.4 Å². The van der Waals surface area contributed by atoms with Crippen molar-refractivity contribution in [3.63, 3.8) is 0 Å². The third-order valence-corrected chi connectivity index (χ3v) is 2.14. The molecule has 3 N–H and O–H groups in total. The molecule has 3 nitrogen and oxygen atoms in total. The van der Waals surface area contributed by atoms with Crippen LogP contribution in [0.4, 0.5) is 37.7 Å². The van der Waals surface area contributed by atoms with Crippen molar-refractivity contribution in [1.29, 1.82) is 0 Å². The first kappa shape index (κ1) is 15.1. The molecular formula is C10H8F6N2O. The Labute approximate surface area is 103 Å². The molecule has 0 atom stereocenters. The second kappa shape index (κ2) is 4.98. The fourth-order valence-electron chi connectivity index (χ4n) is 1.30. The van der Waals surface area contributed by atoms with Crippen molar-refractivity contribution >= 4 is 17.3 Å². The molecule has 0 aromatic heterocycles. The van der Waals surface area contributed by atoms with E-state index in [4.69, 9.17) is 5.73 Å². The summed E-state index contributed by atoms with van der Waals surface area (Å²) >= 11 is 0. The van der Waals surface area contributed by atoms with Crippen LogP contribution in [0.25, 0.3) is 0 Å². The van der Waals surface area contributed by atoms with Gasteiger partial charge in [0.1, 0.15) is 0 Å². The number of hydrogen-bond donors (Lipinski definition) is 2. The predicted octanol–water partition coefficient (Wildman–Crippen LogP) is 2.95. The van der Waals surface area contributed by atoms with Crippen LogP contribution in [-0.2, 0) is 4.79 Å². The predicted molar refractivity (Wildman–Crippen MR) is 55.1 cm³/mol. The fourth-order valence-corrected chi connectivity index (χ4v) is 1.30. The van der Waals surface area contributed by atoms with E-state index in [2.05, 4.69) is 0 Å². The zero-order chi connectivity index (χ0) is 14.8. The van der Waals surface area contributed by atoms with Crippen LogP contribution in [0.1, 0.15) is 0 Å². The maximum atomic E-state index is 12.3. The molecule has 0 heterocycles. The maximum absolute atomic E-state index is 12.3. The molecule has 0 saturated carbocycles. The highest BCUT2D eigenvalue weighted by atomic mass is 19.4. The molecule has 0 spiro atoms. The highest BCUT2D eigenvalue weighted by Crippen LogP contribution is 2.40. The second-order valence-electron chi connectivity index (χ2n) is 3.59. The van der Waals surface area contributed by atoms with Gasteiger partial charge in [-0.1, -0.05) is 12.1 Å². The topological polar surface area (TPSA) is 55.1 Å². The zero-order valence-corrected chi connectivity index (χ0v) is 9.14.